The summed E-state index contributed by atoms with van der Waals surface area (Å²) in [6.07, 6.45) is 8.33. The monoisotopic (exact) mass is 378 g/mol. The smallest absolute Gasteiger partial charge is 1.00 e. The third-order valence-electron chi connectivity index (χ3n) is 1.82. The first-order chi connectivity index (χ1) is 4.79. The van der Waals surface area contributed by atoms with Gasteiger partial charge in [0.05, 0.1) is 12.2 Å². The molecule has 1 atom stereocenters. The van der Waals surface area contributed by atoms with Gasteiger partial charge < -0.3 is 17.1 Å². The SMILES string of the molecule is CC(C)O[C@H]1[CH]CCCC1.[Cl-].[Hg+]. The quantitative estimate of drug-likeness (QED) is 0.593. The number of ether oxygens (including phenoxy) is 1. The van der Waals surface area contributed by atoms with Gasteiger partial charge in [-0.15, -0.1) is 0 Å². The molecule has 1 rings (SSSR count). The van der Waals surface area contributed by atoms with Crippen molar-refractivity contribution in [1.82, 2.24) is 0 Å². The zero-order valence-electron chi connectivity index (χ0n) is 8.05. The van der Waals surface area contributed by atoms with Gasteiger partial charge in [-0.3, -0.25) is 0 Å². The van der Waals surface area contributed by atoms with Gasteiger partial charge in [-0.2, -0.15) is 0 Å². The zero-order chi connectivity index (χ0) is 7.40. The zero-order valence-corrected chi connectivity index (χ0v) is 14.3. The Kier molecular flexibility index (Phi) is 11.4. The molecule has 1 saturated carbocycles. The summed E-state index contributed by atoms with van der Waals surface area (Å²) in [4.78, 5) is 0. The number of hydrogen-bond donors (Lipinski definition) is 0. The van der Waals surface area contributed by atoms with Crippen molar-refractivity contribution in [3.63, 3.8) is 0 Å². The van der Waals surface area contributed by atoms with Crippen LogP contribution >= 0.6 is 0 Å². The normalized spacial score (nSPS) is 18.2. The second-order valence-corrected chi connectivity index (χ2v) is 3.24. The van der Waals surface area contributed by atoms with E-state index in [0.717, 1.165) is 0 Å². The van der Waals surface area contributed by atoms with E-state index in [1.807, 2.05) is 0 Å². The van der Waals surface area contributed by atoms with E-state index in [9.17, 15) is 0 Å². The minimum atomic E-state index is 0. The van der Waals surface area contributed by atoms with Gasteiger partial charge >= 0.3 is 27.7 Å². The summed E-state index contributed by atoms with van der Waals surface area (Å²) in [5.74, 6) is 0. The van der Waals surface area contributed by atoms with Crippen molar-refractivity contribution in [2.24, 2.45) is 0 Å². The van der Waals surface area contributed by atoms with Crippen LogP contribution in [0, 0.1) is 6.42 Å². The maximum Gasteiger partial charge on any atom is 1.00 e. The van der Waals surface area contributed by atoms with Crippen molar-refractivity contribution in [3.05, 3.63) is 6.42 Å². The van der Waals surface area contributed by atoms with E-state index in [2.05, 4.69) is 20.3 Å². The molecule has 1 fully saturated rings. The van der Waals surface area contributed by atoms with Crippen LogP contribution in [0.2, 0.25) is 0 Å². The van der Waals surface area contributed by atoms with Crippen LogP contribution in [-0.2, 0) is 32.4 Å². The summed E-state index contributed by atoms with van der Waals surface area (Å²) in [6.45, 7) is 4.20. The van der Waals surface area contributed by atoms with Gasteiger partial charge in [0.1, 0.15) is 0 Å². The molecule has 68 valence electrons. The molecule has 0 unspecified atom stereocenters. The van der Waals surface area contributed by atoms with E-state index in [4.69, 9.17) is 4.74 Å². The van der Waals surface area contributed by atoms with Crippen LogP contribution < -0.4 is 12.4 Å². The molecular formula is C9H17ClHgO. The summed E-state index contributed by atoms with van der Waals surface area (Å²) in [6, 6.07) is 0. The topological polar surface area (TPSA) is 9.23 Å². The Balaban J connectivity index is 0. The van der Waals surface area contributed by atoms with Crippen molar-refractivity contribution < 1.29 is 44.8 Å². The molecule has 1 nitrogen and oxygen atoms in total. The Bertz CT molecular complexity index is 92.5. The molecule has 0 N–H and O–H groups in total. The van der Waals surface area contributed by atoms with Crippen molar-refractivity contribution in [2.45, 2.75) is 51.7 Å². The molecule has 3 heteroatoms. The fourth-order valence-corrected chi connectivity index (χ4v) is 1.38. The van der Waals surface area contributed by atoms with Crippen LogP contribution in [0.25, 0.3) is 0 Å². The molecule has 0 bridgehead atoms. The largest absolute Gasteiger partial charge is 1.00 e. The molecule has 0 heterocycles. The predicted octanol–water partition coefficient (Wildman–Crippen LogP) is -0.440. The summed E-state index contributed by atoms with van der Waals surface area (Å²) in [5.41, 5.74) is 0. The van der Waals surface area contributed by atoms with Crippen LogP contribution in [0.3, 0.4) is 0 Å². The first-order valence-corrected chi connectivity index (χ1v) is 4.28. The molecule has 0 spiro atoms. The Hall–Kier alpha value is 1.19. The third kappa shape index (κ3) is 6.67. The summed E-state index contributed by atoms with van der Waals surface area (Å²) in [5, 5.41) is 0. The van der Waals surface area contributed by atoms with Gasteiger partial charge in [0.15, 0.2) is 0 Å². The molecule has 2 radical (unpaired) electrons. The van der Waals surface area contributed by atoms with E-state index in [1.165, 1.54) is 25.7 Å². The predicted molar refractivity (Wildman–Crippen MR) is 42.8 cm³/mol. The molecular weight excluding hydrogens is 360 g/mol. The standard InChI is InChI=1S/C9H17O.ClH.Hg/c1-8(2)10-9-6-4-3-5-7-9;;/h6,8-9H,3-5,7H2,1-2H3;1H;/q;;+1/p-1/t9-;;/m0../s1. The van der Waals surface area contributed by atoms with Gasteiger partial charge in [-0.25, -0.2) is 0 Å². The third-order valence-corrected chi connectivity index (χ3v) is 1.82. The minimum Gasteiger partial charge on any atom is -1.00 e. The summed E-state index contributed by atoms with van der Waals surface area (Å²) >= 11 is 0. The molecule has 1 aliphatic rings. The summed E-state index contributed by atoms with van der Waals surface area (Å²) < 4.78 is 5.64. The molecule has 0 aliphatic heterocycles. The minimum absolute atomic E-state index is 0. The maximum atomic E-state index is 5.64. The Morgan fingerprint density at radius 3 is 2.42 bits per heavy atom. The fraction of sp³-hybridized carbons (Fsp3) is 0.889. The van der Waals surface area contributed by atoms with Gasteiger partial charge in [-0.1, -0.05) is 12.8 Å². The van der Waals surface area contributed by atoms with Crippen molar-refractivity contribution in [1.29, 1.82) is 0 Å². The van der Waals surface area contributed by atoms with E-state index >= 15 is 0 Å². The summed E-state index contributed by atoms with van der Waals surface area (Å²) in [7, 11) is 0. The van der Waals surface area contributed by atoms with E-state index in [-0.39, 0.29) is 40.1 Å². The molecule has 0 amide bonds. The maximum absolute atomic E-state index is 5.64. The van der Waals surface area contributed by atoms with Gasteiger partial charge in [0, 0.05) is 0 Å². The number of hydrogen-bond acceptors (Lipinski definition) is 1. The van der Waals surface area contributed by atoms with Gasteiger partial charge in [0.2, 0.25) is 0 Å². The van der Waals surface area contributed by atoms with E-state index in [0.29, 0.717) is 12.2 Å². The first kappa shape index (κ1) is 15.6. The van der Waals surface area contributed by atoms with Crippen LogP contribution in [0.1, 0.15) is 39.5 Å². The van der Waals surface area contributed by atoms with Crippen molar-refractivity contribution in [2.75, 3.05) is 0 Å². The molecule has 0 saturated heterocycles. The number of halogens is 1. The van der Waals surface area contributed by atoms with Crippen molar-refractivity contribution >= 4 is 0 Å². The second kappa shape index (κ2) is 8.77. The Labute approximate surface area is 103 Å². The van der Waals surface area contributed by atoms with Gasteiger partial charge in [-0.05, 0) is 33.1 Å². The first-order valence-electron chi connectivity index (χ1n) is 4.28. The number of rotatable bonds is 2. The fourth-order valence-electron chi connectivity index (χ4n) is 1.38. The average molecular weight is 377 g/mol. The van der Waals surface area contributed by atoms with Crippen LogP contribution in [-0.4, -0.2) is 12.2 Å². The Morgan fingerprint density at radius 2 is 2.00 bits per heavy atom. The second-order valence-electron chi connectivity index (χ2n) is 3.24. The molecule has 0 aromatic carbocycles. The molecule has 12 heavy (non-hydrogen) atoms. The van der Waals surface area contributed by atoms with Crippen molar-refractivity contribution in [3.8, 4) is 0 Å². The Morgan fingerprint density at radius 1 is 1.33 bits per heavy atom. The molecule has 1 aliphatic carbocycles. The van der Waals surface area contributed by atoms with Gasteiger partial charge in [0.25, 0.3) is 0 Å². The van der Waals surface area contributed by atoms with Crippen LogP contribution in [0.4, 0.5) is 0 Å². The van der Waals surface area contributed by atoms with Crippen LogP contribution in [0.5, 0.6) is 0 Å². The van der Waals surface area contributed by atoms with Crippen LogP contribution in [0.15, 0.2) is 0 Å². The average Bonchev–Trinajstić information content (AvgIpc) is 1.88. The van der Waals surface area contributed by atoms with E-state index < -0.39 is 0 Å². The molecule has 0 aromatic rings. The van der Waals surface area contributed by atoms with E-state index in [1.54, 1.807) is 0 Å². The molecule has 0 aromatic heterocycles.